The van der Waals surface area contributed by atoms with Crippen molar-refractivity contribution < 1.29 is 9.90 Å². The van der Waals surface area contributed by atoms with E-state index < -0.39 is 0 Å². The Morgan fingerprint density at radius 3 is 2.54 bits per heavy atom. The third-order valence-corrected chi connectivity index (χ3v) is 3.95. The zero-order valence-electron chi connectivity index (χ0n) is 14.4. The number of hydrogen-bond donors (Lipinski definition) is 2. The van der Waals surface area contributed by atoms with Gasteiger partial charge in [-0.2, -0.15) is 0 Å². The van der Waals surface area contributed by atoms with Crippen LogP contribution < -0.4 is 10.2 Å². The van der Waals surface area contributed by atoms with Gasteiger partial charge in [-0.1, -0.05) is 36.4 Å². The predicted octanol–water partition coefficient (Wildman–Crippen LogP) is 3.22. The Kier molecular flexibility index (Phi) is 5.96. The average molecular weight is 347 g/mol. The lowest BCUT2D eigenvalue weighted by Gasteiger charge is -2.24. The van der Waals surface area contributed by atoms with Crippen molar-refractivity contribution in [1.82, 2.24) is 4.98 Å². The zero-order chi connectivity index (χ0) is 18.2. The lowest BCUT2D eigenvalue weighted by molar-refractivity contribution is -0.115. The number of aromatic nitrogens is 1. The Balaban J connectivity index is 1.73. The summed E-state index contributed by atoms with van der Waals surface area (Å²) in [6, 6.07) is 20.9. The number of anilines is 2. The van der Waals surface area contributed by atoms with Crippen molar-refractivity contribution in [3.8, 4) is 0 Å². The van der Waals surface area contributed by atoms with E-state index in [-0.39, 0.29) is 19.1 Å². The number of amides is 1. The molecule has 5 heteroatoms. The van der Waals surface area contributed by atoms with Gasteiger partial charge in [0, 0.05) is 30.3 Å². The summed E-state index contributed by atoms with van der Waals surface area (Å²) in [5, 5.41) is 12.1. The molecule has 0 bridgehead atoms. The van der Waals surface area contributed by atoms with Crippen LogP contribution in [0.3, 0.4) is 0 Å². The van der Waals surface area contributed by atoms with E-state index in [4.69, 9.17) is 0 Å². The molecule has 1 heterocycles. The molecular weight excluding hydrogens is 326 g/mol. The van der Waals surface area contributed by atoms with E-state index in [1.807, 2.05) is 65.6 Å². The van der Waals surface area contributed by atoms with Crippen molar-refractivity contribution in [2.45, 2.75) is 13.2 Å². The predicted molar refractivity (Wildman–Crippen MR) is 103 cm³/mol. The molecule has 0 radical (unpaired) electrons. The summed E-state index contributed by atoms with van der Waals surface area (Å²) < 4.78 is 0. The van der Waals surface area contributed by atoms with E-state index in [2.05, 4.69) is 10.3 Å². The van der Waals surface area contributed by atoms with Crippen LogP contribution in [0, 0.1) is 0 Å². The van der Waals surface area contributed by atoms with Crippen LogP contribution in [0.15, 0.2) is 79.1 Å². The topological polar surface area (TPSA) is 65.5 Å². The maximum Gasteiger partial charge on any atom is 0.243 e. The maximum absolute atomic E-state index is 12.6. The Hall–Kier alpha value is -3.18. The first kappa shape index (κ1) is 17.6. The molecule has 1 amide bonds. The molecule has 26 heavy (non-hydrogen) atoms. The van der Waals surface area contributed by atoms with Gasteiger partial charge in [0.1, 0.15) is 0 Å². The number of carbonyl (C=O) groups excluding carboxylic acids is 1. The molecule has 0 fully saturated rings. The maximum atomic E-state index is 12.6. The second kappa shape index (κ2) is 8.78. The van der Waals surface area contributed by atoms with Gasteiger partial charge in [-0.25, -0.2) is 0 Å². The van der Waals surface area contributed by atoms with Crippen molar-refractivity contribution in [2.75, 3.05) is 16.8 Å². The average Bonchev–Trinajstić information content (AvgIpc) is 2.69. The Morgan fingerprint density at radius 2 is 1.81 bits per heavy atom. The van der Waals surface area contributed by atoms with Gasteiger partial charge in [-0.05, 0) is 41.5 Å². The molecule has 0 saturated carbocycles. The van der Waals surface area contributed by atoms with Crippen LogP contribution in [0.1, 0.15) is 11.1 Å². The van der Waals surface area contributed by atoms with Crippen molar-refractivity contribution in [2.24, 2.45) is 0 Å². The number of rotatable bonds is 7. The molecule has 0 aliphatic heterocycles. The molecule has 2 N–H and O–H groups in total. The summed E-state index contributed by atoms with van der Waals surface area (Å²) in [6.07, 6.45) is 3.54. The monoisotopic (exact) mass is 347 g/mol. The first-order chi connectivity index (χ1) is 12.7. The molecule has 3 aromatic rings. The van der Waals surface area contributed by atoms with Crippen LogP contribution in [0.2, 0.25) is 0 Å². The molecule has 0 saturated heterocycles. The van der Waals surface area contributed by atoms with Crippen molar-refractivity contribution in [1.29, 1.82) is 0 Å². The third-order valence-electron chi connectivity index (χ3n) is 3.95. The van der Waals surface area contributed by atoms with Crippen LogP contribution in [-0.4, -0.2) is 22.5 Å². The van der Waals surface area contributed by atoms with Crippen LogP contribution in [0.4, 0.5) is 11.4 Å². The van der Waals surface area contributed by atoms with E-state index in [1.54, 1.807) is 18.5 Å². The smallest absolute Gasteiger partial charge is 0.243 e. The van der Waals surface area contributed by atoms with Gasteiger partial charge in [0.25, 0.3) is 0 Å². The molecule has 3 rings (SSSR count). The highest BCUT2D eigenvalue weighted by Gasteiger charge is 2.13. The standard InChI is InChI=1S/C21H21N3O2/c25-16-17-6-4-8-19(12-17)23-21(26)15-24(20-9-2-1-3-10-20)14-18-7-5-11-22-13-18/h1-13,25H,14-16H2,(H,23,26). The van der Waals surface area contributed by atoms with Gasteiger partial charge >= 0.3 is 0 Å². The van der Waals surface area contributed by atoms with Crippen LogP contribution in [0.5, 0.6) is 0 Å². The fourth-order valence-electron chi connectivity index (χ4n) is 2.71. The summed E-state index contributed by atoms with van der Waals surface area (Å²) in [4.78, 5) is 18.7. The fraction of sp³-hybridized carbons (Fsp3) is 0.143. The number of pyridine rings is 1. The number of nitrogens with one attached hydrogen (secondary N) is 1. The minimum Gasteiger partial charge on any atom is -0.392 e. The SMILES string of the molecule is O=C(CN(Cc1cccnc1)c1ccccc1)Nc1cccc(CO)c1. The van der Waals surface area contributed by atoms with E-state index in [0.717, 1.165) is 16.8 Å². The lowest BCUT2D eigenvalue weighted by Crippen LogP contribution is -2.33. The highest BCUT2D eigenvalue weighted by molar-refractivity contribution is 5.94. The van der Waals surface area contributed by atoms with E-state index in [9.17, 15) is 9.90 Å². The highest BCUT2D eigenvalue weighted by atomic mass is 16.3. The summed E-state index contributed by atoms with van der Waals surface area (Å²) in [6.45, 7) is 0.741. The Labute approximate surface area is 152 Å². The van der Waals surface area contributed by atoms with E-state index in [0.29, 0.717) is 12.2 Å². The molecule has 0 aliphatic rings. The van der Waals surface area contributed by atoms with Crippen LogP contribution >= 0.6 is 0 Å². The van der Waals surface area contributed by atoms with Crippen molar-refractivity contribution >= 4 is 17.3 Å². The zero-order valence-corrected chi connectivity index (χ0v) is 14.4. The molecule has 0 unspecified atom stereocenters. The van der Waals surface area contributed by atoms with Crippen LogP contribution in [-0.2, 0) is 17.9 Å². The quantitative estimate of drug-likeness (QED) is 0.689. The van der Waals surface area contributed by atoms with E-state index in [1.165, 1.54) is 0 Å². The first-order valence-corrected chi connectivity index (χ1v) is 8.43. The number of aliphatic hydroxyl groups excluding tert-OH is 1. The molecule has 0 atom stereocenters. The normalized spacial score (nSPS) is 10.3. The lowest BCUT2D eigenvalue weighted by atomic mass is 10.2. The first-order valence-electron chi connectivity index (χ1n) is 8.43. The van der Waals surface area contributed by atoms with Gasteiger partial charge in [-0.15, -0.1) is 0 Å². The van der Waals surface area contributed by atoms with Gasteiger partial charge in [0.05, 0.1) is 13.2 Å². The van der Waals surface area contributed by atoms with Crippen LogP contribution in [0.25, 0.3) is 0 Å². The van der Waals surface area contributed by atoms with Gasteiger partial charge in [0.2, 0.25) is 5.91 Å². The van der Waals surface area contributed by atoms with Gasteiger partial charge < -0.3 is 15.3 Å². The number of benzene rings is 2. The summed E-state index contributed by atoms with van der Waals surface area (Å²) in [5.41, 5.74) is 3.44. The van der Waals surface area contributed by atoms with Gasteiger partial charge in [0.15, 0.2) is 0 Å². The summed E-state index contributed by atoms with van der Waals surface area (Å²) in [5.74, 6) is -0.118. The minimum atomic E-state index is -0.118. The number of aliphatic hydroxyl groups is 1. The molecular formula is C21H21N3O2. The largest absolute Gasteiger partial charge is 0.392 e. The summed E-state index contributed by atoms with van der Waals surface area (Å²) in [7, 11) is 0. The molecule has 5 nitrogen and oxygen atoms in total. The van der Waals surface area contributed by atoms with Crippen molar-refractivity contribution in [3.63, 3.8) is 0 Å². The molecule has 2 aromatic carbocycles. The van der Waals surface area contributed by atoms with E-state index >= 15 is 0 Å². The van der Waals surface area contributed by atoms with Crippen molar-refractivity contribution in [3.05, 3.63) is 90.3 Å². The molecule has 1 aromatic heterocycles. The number of carbonyl (C=O) groups is 1. The molecule has 132 valence electrons. The molecule has 0 spiro atoms. The summed E-state index contributed by atoms with van der Waals surface area (Å²) >= 11 is 0. The third kappa shape index (κ3) is 4.91. The second-order valence-corrected chi connectivity index (χ2v) is 5.96. The Bertz CT molecular complexity index is 838. The molecule has 0 aliphatic carbocycles. The Morgan fingerprint density at radius 1 is 1.00 bits per heavy atom. The van der Waals surface area contributed by atoms with Gasteiger partial charge in [-0.3, -0.25) is 9.78 Å². The fourth-order valence-corrected chi connectivity index (χ4v) is 2.71. The highest BCUT2D eigenvalue weighted by Crippen LogP contribution is 2.17. The number of nitrogens with zero attached hydrogens (tertiary/aromatic N) is 2. The number of hydrogen-bond acceptors (Lipinski definition) is 4. The second-order valence-electron chi connectivity index (χ2n) is 5.96. The minimum absolute atomic E-state index is 0.0547. The number of para-hydroxylation sites is 1.